The van der Waals surface area contributed by atoms with E-state index in [1.54, 1.807) is 6.20 Å². The number of piperidine rings is 1. The Hall–Kier alpha value is -3.91. The second-order valence-corrected chi connectivity index (χ2v) is 15.5. The maximum absolute atomic E-state index is 13.3. The number of likely N-dealkylation sites (tertiary alicyclic amines) is 2. The van der Waals surface area contributed by atoms with Gasteiger partial charge in [0.05, 0.1) is 17.9 Å². The number of rotatable bonds is 11. The number of hydrogen-bond donors (Lipinski definition) is 1. The number of fused-ring (bicyclic) bond motifs is 1. The van der Waals surface area contributed by atoms with Gasteiger partial charge >= 0.3 is 6.16 Å². The van der Waals surface area contributed by atoms with Gasteiger partial charge in [-0.05, 0) is 76.3 Å². The molecule has 2 aliphatic heterocycles. The van der Waals surface area contributed by atoms with Crippen molar-refractivity contribution in [3.05, 3.63) is 42.7 Å². The molecule has 14 heteroatoms. The van der Waals surface area contributed by atoms with Crippen molar-refractivity contribution in [3.63, 3.8) is 0 Å². The Morgan fingerprint density at radius 1 is 0.979 bits per heavy atom. The van der Waals surface area contributed by atoms with Crippen LogP contribution in [0.1, 0.15) is 57.8 Å². The summed E-state index contributed by atoms with van der Waals surface area (Å²) in [6.07, 6.45) is 10.7. The zero-order valence-corrected chi connectivity index (χ0v) is 28.6. The first-order valence-corrected chi connectivity index (χ1v) is 19.1. The second-order valence-electron chi connectivity index (χ2n) is 13.2. The van der Waals surface area contributed by atoms with Gasteiger partial charge in [-0.15, -0.1) is 0 Å². The molecule has 4 heterocycles. The van der Waals surface area contributed by atoms with Crippen LogP contribution in [0.25, 0.3) is 16.7 Å². The van der Waals surface area contributed by atoms with Crippen LogP contribution in [-0.2, 0) is 24.1 Å². The van der Waals surface area contributed by atoms with E-state index in [9.17, 15) is 18.0 Å². The maximum Gasteiger partial charge on any atom is 0.510 e. The molecule has 1 aliphatic carbocycles. The van der Waals surface area contributed by atoms with E-state index in [1.165, 1.54) is 6.26 Å². The minimum absolute atomic E-state index is 0.00957. The molecule has 1 aromatic carbocycles. The molecular weight excluding hydrogens is 636 g/mol. The molecule has 6 rings (SSSR count). The molecule has 0 radical (unpaired) electrons. The van der Waals surface area contributed by atoms with Gasteiger partial charge in [-0.2, -0.15) is 4.98 Å². The lowest BCUT2D eigenvalue weighted by Crippen LogP contribution is -2.45. The van der Waals surface area contributed by atoms with Gasteiger partial charge in [0, 0.05) is 68.5 Å². The monoisotopic (exact) mass is 682 g/mol. The third kappa shape index (κ3) is 8.56. The number of carbonyl (C=O) groups excluding carboxylic acids is 2. The van der Waals surface area contributed by atoms with Gasteiger partial charge in [0.1, 0.15) is 27.5 Å². The van der Waals surface area contributed by atoms with E-state index < -0.39 is 16.0 Å². The van der Waals surface area contributed by atoms with Crippen molar-refractivity contribution < 1.29 is 32.2 Å². The molecule has 2 aromatic heterocycles. The van der Waals surface area contributed by atoms with Crippen LogP contribution in [0, 0.1) is 5.92 Å². The number of ether oxygens (including phenoxy) is 3. The van der Waals surface area contributed by atoms with Crippen molar-refractivity contribution in [1.82, 2.24) is 24.3 Å². The van der Waals surface area contributed by atoms with Crippen LogP contribution in [-0.4, -0.2) is 108 Å². The Kier molecular flexibility index (Phi) is 10.7. The van der Waals surface area contributed by atoms with E-state index in [4.69, 9.17) is 19.2 Å². The van der Waals surface area contributed by atoms with Crippen LogP contribution >= 0.6 is 0 Å². The standard InChI is InChI=1S/C34H46N6O7S/c1-38-18-4-8-31(38)47-34(42)46-26-14-19-39(20-15-26)32(41)24-9-11-25(12-10-24)36-33-35-17-13-30(37-33)40-21-16-27-28(40)6-3-7-29(27)45-22-5-23-48(2,43)44/h3,6-7,13,16-17,21,24-26,31H,4-5,8-12,14-15,18-20,22-23H2,1-2H3,(H,35,36,37)/t24?,25?,31-/m1/s1. The summed E-state index contributed by atoms with van der Waals surface area (Å²) in [7, 11) is -1.08. The van der Waals surface area contributed by atoms with Gasteiger partial charge < -0.3 is 29.0 Å². The van der Waals surface area contributed by atoms with Gasteiger partial charge in [0.15, 0.2) is 6.23 Å². The lowest BCUT2D eigenvalue weighted by molar-refractivity contribution is -0.139. The zero-order chi connectivity index (χ0) is 33.7. The molecule has 0 unspecified atom stereocenters. The first-order valence-electron chi connectivity index (χ1n) is 17.0. The number of sulfone groups is 1. The predicted octanol–water partition coefficient (Wildman–Crippen LogP) is 4.40. The molecule has 48 heavy (non-hydrogen) atoms. The van der Waals surface area contributed by atoms with E-state index in [2.05, 4.69) is 10.3 Å². The van der Waals surface area contributed by atoms with Gasteiger partial charge in [-0.1, -0.05) is 6.07 Å². The van der Waals surface area contributed by atoms with Crippen molar-refractivity contribution in [3.8, 4) is 11.6 Å². The molecule has 260 valence electrons. The highest BCUT2D eigenvalue weighted by Crippen LogP contribution is 2.31. The quantitative estimate of drug-likeness (QED) is 0.227. The number of carbonyl (C=O) groups is 2. The summed E-state index contributed by atoms with van der Waals surface area (Å²) in [5, 5.41) is 4.40. The molecule has 1 N–H and O–H groups in total. The number of anilines is 1. The number of hydrogen-bond acceptors (Lipinski definition) is 11. The lowest BCUT2D eigenvalue weighted by Gasteiger charge is -2.36. The highest BCUT2D eigenvalue weighted by atomic mass is 32.2. The summed E-state index contributed by atoms with van der Waals surface area (Å²) in [5.41, 5.74) is 0.923. The van der Waals surface area contributed by atoms with Crippen molar-refractivity contribution in [2.24, 2.45) is 5.92 Å². The Labute approximate surface area is 281 Å². The highest BCUT2D eigenvalue weighted by Gasteiger charge is 2.33. The zero-order valence-electron chi connectivity index (χ0n) is 27.8. The maximum atomic E-state index is 13.3. The Balaban J connectivity index is 0.965. The minimum atomic E-state index is -3.03. The number of nitrogens with one attached hydrogen (secondary N) is 1. The summed E-state index contributed by atoms with van der Waals surface area (Å²) >= 11 is 0. The molecule has 1 saturated carbocycles. The van der Waals surface area contributed by atoms with Crippen molar-refractivity contribution in [2.75, 3.05) is 50.6 Å². The summed E-state index contributed by atoms with van der Waals surface area (Å²) < 4.78 is 41.8. The summed E-state index contributed by atoms with van der Waals surface area (Å²) in [6, 6.07) is 9.77. The predicted molar refractivity (Wildman–Crippen MR) is 181 cm³/mol. The van der Waals surface area contributed by atoms with Gasteiger partial charge in [0.25, 0.3) is 0 Å². The molecule has 1 amide bonds. The van der Waals surface area contributed by atoms with E-state index in [1.807, 2.05) is 57.9 Å². The molecule has 3 aromatic rings. The Morgan fingerprint density at radius 2 is 1.77 bits per heavy atom. The number of aromatic nitrogens is 3. The molecule has 3 aliphatic rings. The average molecular weight is 683 g/mol. The fraction of sp³-hybridized carbons (Fsp3) is 0.588. The normalized spacial score (nSPS) is 22.5. The lowest BCUT2D eigenvalue weighted by atomic mass is 9.85. The van der Waals surface area contributed by atoms with Crippen LogP contribution in [0.4, 0.5) is 10.7 Å². The minimum Gasteiger partial charge on any atom is -0.493 e. The van der Waals surface area contributed by atoms with Crippen LogP contribution in [0.3, 0.4) is 0 Å². The highest BCUT2D eigenvalue weighted by molar-refractivity contribution is 7.90. The smallest absolute Gasteiger partial charge is 0.493 e. The fourth-order valence-corrected chi connectivity index (χ4v) is 7.59. The topological polar surface area (TPSA) is 145 Å². The van der Waals surface area contributed by atoms with Crippen LogP contribution in [0.15, 0.2) is 42.7 Å². The third-order valence-electron chi connectivity index (χ3n) is 9.61. The number of amides is 1. The van der Waals surface area contributed by atoms with Crippen molar-refractivity contribution >= 4 is 38.8 Å². The third-order valence-corrected chi connectivity index (χ3v) is 10.6. The van der Waals surface area contributed by atoms with Gasteiger partial charge in [-0.25, -0.2) is 18.2 Å². The summed E-state index contributed by atoms with van der Waals surface area (Å²) in [6.45, 7) is 2.41. The largest absolute Gasteiger partial charge is 0.510 e. The molecule has 0 spiro atoms. The van der Waals surface area contributed by atoms with Crippen LogP contribution in [0.2, 0.25) is 0 Å². The summed E-state index contributed by atoms with van der Waals surface area (Å²) in [5.74, 6) is 2.23. The molecule has 2 saturated heterocycles. The van der Waals surface area contributed by atoms with E-state index in [0.717, 1.165) is 56.0 Å². The Bertz CT molecular complexity index is 1680. The van der Waals surface area contributed by atoms with Crippen molar-refractivity contribution in [1.29, 1.82) is 0 Å². The van der Waals surface area contributed by atoms with E-state index in [0.29, 0.717) is 56.5 Å². The van der Waals surface area contributed by atoms with Gasteiger partial charge in [-0.3, -0.25) is 9.69 Å². The fourth-order valence-electron chi connectivity index (χ4n) is 6.94. The van der Waals surface area contributed by atoms with Crippen molar-refractivity contribution in [2.45, 2.75) is 76.2 Å². The first-order chi connectivity index (χ1) is 23.1. The van der Waals surface area contributed by atoms with E-state index >= 15 is 0 Å². The average Bonchev–Trinajstić information content (AvgIpc) is 3.69. The first kappa shape index (κ1) is 34.0. The van der Waals surface area contributed by atoms with Gasteiger partial charge in [0.2, 0.25) is 11.9 Å². The molecular formula is C34H46N6O7S. The number of nitrogens with zero attached hydrogens (tertiary/aromatic N) is 5. The molecule has 13 nitrogen and oxygen atoms in total. The molecule has 0 bridgehead atoms. The van der Waals surface area contributed by atoms with Crippen LogP contribution < -0.4 is 10.1 Å². The Morgan fingerprint density at radius 3 is 2.50 bits per heavy atom. The number of benzene rings is 1. The molecule has 1 atom stereocenters. The van der Waals surface area contributed by atoms with Crippen LogP contribution in [0.5, 0.6) is 5.75 Å². The second kappa shape index (κ2) is 15.1. The summed E-state index contributed by atoms with van der Waals surface area (Å²) in [4.78, 5) is 38.8. The SMILES string of the molecule is CN1CCC[C@H]1OC(=O)OC1CCN(C(=O)C2CCC(Nc3nccc(-n4ccc5c(OCCCS(C)(=O)=O)cccc54)n3)CC2)CC1. The molecule has 3 fully saturated rings. The van der Waals surface area contributed by atoms with E-state index in [-0.39, 0.29) is 36.0 Å².